The van der Waals surface area contributed by atoms with Crippen molar-refractivity contribution in [3.63, 3.8) is 0 Å². The van der Waals surface area contributed by atoms with Crippen LogP contribution in [0.1, 0.15) is 41.4 Å². The van der Waals surface area contributed by atoms with Gasteiger partial charge in [0.15, 0.2) is 21.9 Å². The van der Waals surface area contributed by atoms with E-state index in [-0.39, 0.29) is 5.78 Å². The Hall–Kier alpha value is -2.19. The summed E-state index contributed by atoms with van der Waals surface area (Å²) in [5.74, 6) is 1.28. The molecule has 0 N–H and O–H groups in total. The van der Waals surface area contributed by atoms with Crippen LogP contribution in [0.3, 0.4) is 0 Å². The van der Waals surface area contributed by atoms with Crippen LogP contribution in [0.25, 0.3) is 11.4 Å². The standard InChI is InChI=1S/C21H25N5OS2/c1-3-26-19(16-9-7-8-15(2)12-16)23-24-21(26)28-14-17(27)18-13-22-20(29-18)25-10-5-4-6-11-25/h7-9,12-13H,3-6,10-11,14H2,1-2H3. The van der Waals surface area contributed by atoms with Gasteiger partial charge in [0.25, 0.3) is 0 Å². The average molecular weight is 428 g/mol. The first-order chi connectivity index (χ1) is 14.2. The van der Waals surface area contributed by atoms with Crippen LogP contribution in [0.2, 0.25) is 0 Å². The van der Waals surface area contributed by atoms with Crippen molar-refractivity contribution in [3.05, 3.63) is 40.9 Å². The number of aryl methyl sites for hydroxylation is 1. The molecule has 0 spiro atoms. The lowest BCUT2D eigenvalue weighted by molar-refractivity contribution is 0.102. The van der Waals surface area contributed by atoms with Gasteiger partial charge in [-0.25, -0.2) is 4.98 Å². The van der Waals surface area contributed by atoms with Crippen LogP contribution in [0.15, 0.2) is 35.6 Å². The number of carbonyl (C=O) groups is 1. The van der Waals surface area contributed by atoms with E-state index in [0.29, 0.717) is 5.75 Å². The highest BCUT2D eigenvalue weighted by Crippen LogP contribution is 2.28. The second-order valence-electron chi connectivity index (χ2n) is 7.19. The highest BCUT2D eigenvalue weighted by Gasteiger charge is 2.19. The number of thioether (sulfide) groups is 1. The molecule has 152 valence electrons. The summed E-state index contributed by atoms with van der Waals surface area (Å²) in [7, 11) is 0. The molecule has 1 saturated heterocycles. The van der Waals surface area contributed by atoms with E-state index >= 15 is 0 Å². The van der Waals surface area contributed by atoms with Crippen molar-refractivity contribution < 1.29 is 4.79 Å². The molecule has 6 nitrogen and oxygen atoms in total. The Labute approximate surface area is 179 Å². The minimum absolute atomic E-state index is 0.0959. The summed E-state index contributed by atoms with van der Waals surface area (Å²) in [5, 5.41) is 10.5. The normalized spacial score (nSPS) is 14.3. The van der Waals surface area contributed by atoms with Crippen LogP contribution in [-0.4, -0.2) is 44.4 Å². The molecule has 3 heterocycles. The molecule has 1 fully saturated rings. The Kier molecular flexibility index (Phi) is 6.30. The van der Waals surface area contributed by atoms with E-state index in [9.17, 15) is 4.79 Å². The lowest BCUT2D eigenvalue weighted by Gasteiger charge is -2.25. The van der Waals surface area contributed by atoms with Crippen LogP contribution < -0.4 is 4.90 Å². The number of Topliss-reactive ketones (excluding diaryl/α,β-unsaturated/α-hetero) is 1. The molecule has 2 aromatic heterocycles. The Morgan fingerprint density at radius 2 is 2.03 bits per heavy atom. The summed E-state index contributed by atoms with van der Waals surface area (Å²) in [6, 6.07) is 8.24. The molecule has 0 radical (unpaired) electrons. The SMILES string of the molecule is CCn1c(SCC(=O)c2cnc(N3CCCCC3)s2)nnc1-c1cccc(C)c1. The van der Waals surface area contributed by atoms with Crippen LogP contribution in [0.5, 0.6) is 0 Å². The average Bonchev–Trinajstić information content (AvgIpc) is 3.40. The van der Waals surface area contributed by atoms with Gasteiger partial charge in [0.1, 0.15) is 0 Å². The first-order valence-electron chi connectivity index (χ1n) is 10.0. The van der Waals surface area contributed by atoms with Crippen LogP contribution in [0.4, 0.5) is 5.13 Å². The lowest BCUT2D eigenvalue weighted by atomic mass is 10.1. The number of rotatable bonds is 7. The molecule has 3 aromatic rings. The molecule has 0 saturated carbocycles. The highest BCUT2D eigenvalue weighted by atomic mass is 32.2. The molecular formula is C21H25N5OS2. The first-order valence-corrected chi connectivity index (χ1v) is 11.8. The van der Waals surface area contributed by atoms with E-state index < -0.39 is 0 Å². The minimum Gasteiger partial charge on any atom is -0.348 e. The Morgan fingerprint density at radius 1 is 1.21 bits per heavy atom. The Morgan fingerprint density at radius 3 is 2.79 bits per heavy atom. The van der Waals surface area contributed by atoms with E-state index in [4.69, 9.17) is 0 Å². The zero-order valence-electron chi connectivity index (χ0n) is 16.8. The van der Waals surface area contributed by atoms with Gasteiger partial charge in [0, 0.05) is 25.2 Å². The monoisotopic (exact) mass is 427 g/mol. The molecule has 29 heavy (non-hydrogen) atoms. The predicted octanol–water partition coefficient (Wildman–Crippen LogP) is 4.70. The fourth-order valence-electron chi connectivity index (χ4n) is 3.50. The summed E-state index contributed by atoms with van der Waals surface area (Å²) in [6.45, 7) is 6.97. The largest absolute Gasteiger partial charge is 0.348 e. The zero-order valence-corrected chi connectivity index (χ0v) is 18.4. The fourth-order valence-corrected chi connectivity index (χ4v) is 5.39. The second-order valence-corrected chi connectivity index (χ2v) is 9.14. The number of hydrogen-bond acceptors (Lipinski definition) is 7. The summed E-state index contributed by atoms with van der Waals surface area (Å²) in [5.41, 5.74) is 2.23. The number of piperidine rings is 1. The van der Waals surface area contributed by atoms with Crippen molar-refractivity contribution in [1.82, 2.24) is 19.7 Å². The number of thiazole rings is 1. The van der Waals surface area contributed by atoms with Crippen molar-refractivity contribution in [2.24, 2.45) is 0 Å². The predicted molar refractivity (Wildman–Crippen MR) is 119 cm³/mol. The molecule has 8 heteroatoms. The van der Waals surface area contributed by atoms with Gasteiger partial charge in [-0.1, -0.05) is 46.9 Å². The Bertz CT molecular complexity index is 991. The maximum Gasteiger partial charge on any atom is 0.191 e. The van der Waals surface area contributed by atoms with Gasteiger partial charge in [0.2, 0.25) is 0 Å². The van der Waals surface area contributed by atoms with Crippen molar-refractivity contribution in [2.45, 2.75) is 44.8 Å². The van der Waals surface area contributed by atoms with Gasteiger partial charge in [0.05, 0.1) is 16.8 Å². The Balaban J connectivity index is 1.44. The van der Waals surface area contributed by atoms with E-state index in [0.717, 1.165) is 46.2 Å². The molecule has 0 bridgehead atoms. The number of nitrogens with zero attached hydrogens (tertiary/aromatic N) is 5. The van der Waals surface area contributed by atoms with Crippen LogP contribution in [0, 0.1) is 6.92 Å². The lowest BCUT2D eigenvalue weighted by Crippen LogP contribution is -2.29. The summed E-state index contributed by atoms with van der Waals surface area (Å²) in [4.78, 5) is 20.2. The molecule has 1 aliphatic rings. The van der Waals surface area contributed by atoms with Crippen LogP contribution in [-0.2, 0) is 6.54 Å². The molecule has 4 rings (SSSR count). The molecule has 0 unspecified atom stereocenters. The molecule has 1 aliphatic heterocycles. The number of hydrogen-bond donors (Lipinski definition) is 0. The number of carbonyl (C=O) groups excluding carboxylic acids is 1. The van der Waals surface area contributed by atoms with Gasteiger partial charge in [-0.15, -0.1) is 10.2 Å². The smallest absolute Gasteiger partial charge is 0.191 e. The molecular weight excluding hydrogens is 402 g/mol. The summed E-state index contributed by atoms with van der Waals surface area (Å²) in [6.07, 6.45) is 5.41. The van der Waals surface area contributed by atoms with Gasteiger partial charge < -0.3 is 9.47 Å². The fraction of sp³-hybridized carbons (Fsp3) is 0.429. The van der Waals surface area contributed by atoms with Crippen molar-refractivity contribution in [3.8, 4) is 11.4 Å². The topological polar surface area (TPSA) is 63.9 Å². The zero-order chi connectivity index (χ0) is 20.2. The van der Waals surface area contributed by atoms with Gasteiger partial charge in [-0.05, 0) is 39.2 Å². The maximum atomic E-state index is 12.7. The van der Waals surface area contributed by atoms with E-state index in [1.165, 1.54) is 47.9 Å². The van der Waals surface area contributed by atoms with E-state index in [2.05, 4.69) is 50.6 Å². The number of aromatic nitrogens is 4. The van der Waals surface area contributed by atoms with Crippen LogP contribution >= 0.6 is 23.1 Å². The number of benzene rings is 1. The molecule has 0 aliphatic carbocycles. The van der Waals surface area contributed by atoms with Gasteiger partial charge in [-0.2, -0.15) is 0 Å². The maximum absolute atomic E-state index is 12.7. The quantitative estimate of drug-likeness (QED) is 0.402. The number of anilines is 1. The van der Waals surface area contributed by atoms with Crippen molar-refractivity contribution in [1.29, 1.82) is 0 Å². The molecule has 1 aromatic carbocycles. The highest BCUT2D eigenvalue weighted by molar-refractivity contribution is 7.99. The third-order valence-corrected chi connectivity index (χ3v) is 7.10. The summed E-state index contributed by atoms with van der Waals surface area (Å²) < 4.78 is 2.07. The first kappa shape index (κ1) is 20.1. The molecule has 0 atom stereocenters. The van der Waals surface area contributed by atoms with E-state index in [1.807, 2.05) is 12.1 Å². The third kappa shape index (κ3) is 4.53. The minimum atomic E-state index is 0.0959. The second kappa shape index (κ2) is 9.09. The van der Waals surface area contributed by atoms with E-state index in [1.54, 1.807) is 6.20 Å². The summed E-state index contributed by atoms with van der Waals surface area (Å²) >= 11 is 2.95. The third-order valence-electron chi connectivity index (χ3n) is 5.04. The number of ketones is 1. The van der Waals surface area contributed by atoms with Crippen molar-refractivity contribution in [2.75, 3.05) is 23.7 Å². The van der Waals surface area contributed by atoms with Crippen molar-refractivity contribution >= 4 is 34.0 Å². The molecule has 0 amide bonds. The van der Waals surface area contributed by atoms with Gasteiger partial charge in [-0.3, -0.25) is 4.79 Å². The van der Waals surface area contributed by atoms with Gasteiger partial charge >= 0.3 is 0 Å².